The quantitative estimate of drug-likeness (QED) is 0.888. The number of hydrogen-bond donors (Lipinski definition) is 2. The SMILES string of the molecule is COCc1ccccc1C(=O)Nc1ccc(C(=O)O)s1. The summed E-state index contributed by atoms with van der Waals surface area (Å²) in [7, 11) is 1.56. The zero-order valence-electron chi connectivity index (χ0n) is 10.8. The third-order valence-corrected chi connectivity index (χ3v) is 3.60. The minimum absolute atomic E-state index is 0.186. The van der Waals surface area contributed by atoms with E-state index in [1.165, 1.54) is 6.07 Å². The van der Waals surface area contributed by atoms with Crippen LogP contribution in [-0.2, 0) is 11.3 Å². The monoisotopic (exact) mass is 291 g/mol. The third-order valence-electron chi connectivity index (χ3n) is 2.62. The molecule has 1 aromatic carbocycles. The maximum atomic E-state index is 12.2. The van der Waals surface area contributed by atoms with Crippen LogP contribution in [0.15, 0.2) is 36.4 Å². The first-order valence-electron chi connectivity index (χ1n) is 5.83. The second-order valence-corrected chi connectivity index (χ2v) is 5.10. The summed E-state index contributed by atoms with van der Waals surface area (Å²) in [5.41, 5.74) is 1.29. The predicted molar refractivity (Wildman–Crippen MR) is 76.4 cm³/mol. The van der Waals surface area contributed by atoms with E-state index in [9.17, 15) is 9.59 Å². The second kappa shape index (κ2) is 6.31. The summed E-state index contributed by atoms with van der Waals surface area (Å²) in [6.07, 6.45) is 0. The Kier molecular flexibility index (Phi) is 4.49. The summed E-state index contributed by atoms with van der Waals surface area (Å²) >= 11 is 1.02. The summed E-state index contributed by atoms with van der Waals surface area (Å²) in [6, 6.07) is 10.2. The summed E-state index contributed by atoms with van der Waals surface area (Å²) in [5.74, 6) is -1.29. The summed E-state index contributed by atoms with van der Waals surface area (Å²) < 4.78 is 5.05. The summed E-state index contributed by atoms with van der Waals surface area (Å²) in [6.45, 7) is 0.342. The molecule has 0 atom stereocenters. The average Bonchev–Trinajstić information content (AvgIpc) is 2.88. The highest BCUT2D eigenvalue weighted by Gasteiger charge is 2.13. The van der Waals surface area contributed by atoms with Crippen LogP contribution >= 0.6 is 11.3 Å². The Morgan fingerprint density at radius 1 is 1.25 bits per heavy atom. The van der Waals surface area contributed by atoms with Crippen molar-refractivity contribution in [1.29, 1.82) is 0 Å². The minimum atomic E-state index is -1.00. The van der Waals surface area contributed by atoms with Crippen LogP contribution < -0.4 is 5.32 Å². The van der Waals surface area contributed by atoms with Gasteiger partial charge in [-0.2, -0.15) is 0 Å². The van der Waals surface area contributed by atoms with E-state index in [-0.39, 0.29) is 10.8 Å². The first kappa shape index (κ1) is 14.2. The molecule has 0 unspecified atom stereocenters. The number of nitrogens with one attached hydrogen (secondary N) is 1. The Morgan fingerprint density at radius 2 is 2.00 bits per heavy atom. The van der Waals surface area contributed by atoms with E-state index in [0.717, 1.165) is 16.9 Å². The van der Waals surface area contributed by atoms with Gasteiger partial charge in [-0.3, -0.25) is 4.79 Å². The number of carbonyl (C=O) groups excluding carboxylic acids is 1. The third kappa shape index (κ3) is 3.23. The Labute approximate surface area is 119 Å². The van der Waals surface area contributed by atoms with Crippen molar-refractivity contribution in [3.05, 3.63) is 52.4 Å². The van der Waals surface area contributed by atoms with Gasteiger partial charge in [-0.25, -0.2) is 4.79 Å². The van der Waals surface area contributed by atoms with Crippen molar-refractivity contribution < 1.29 is 19.4 Å². The number of rotatable bonds is 5. The van der Waals surface area contributed by atoms with Crippen LogP contribution in [-0.4, -0.2) is 24.1 Å². The molecule has 20 heavy (non-hydrogen) atoms. The minimum Gasteiger partial charge on any atom is -0.477 e. The van der Waals surface area contributed by atoms with E-state index in [1.54, 1.807) is 25.3 Å². The van der Waals surface area contributed by atoms with E-state index in [1.807, 2.05) is 12.1 Å². The molecule has 2 aromatic rings. The molecule has 2 N–H and O–H groups in total. The molecule has 0 saturated heterocycles. The molecule has 1 heterocycles. The highest BCUT2D eigenvalue weighted by Crippen LogP contribution is 2.23. The fraction of sp³-hybridized carbons (Fsp3) is 0.143. The van der Waals surface area contributed by atoms with Crippen LogP contribution in [0.2, 0.25) is 0 Å². The van der Waals surface area contributed by atoms with Gasteiger partial charge in [-0.1, -0.05) is 18.2 Å². The molecule has 1 aromatic heterocycles. The standard InChI is InChI=1S/C14H13NO4S/c1-19-8-9-4-2-3-5-10(9)13(16)15-12-7-6-11(20-12)14(17)18/h2-7H,8H2,1H3,(H,15,16)(H,17,18). The van der Waals surface area contributed by atoms with E-state index < -0.39 is 5.97 Å². The number of anilines is 1. The lowest BCUT2D eigenvalue weighted by atomic mass is 10.1. The molecule has 104 valence electrons. The van der Waals surface area contributed by atoms with Gasteiger partial charge in [-0.15, -0.1) is 11.3 Å². The van der Waals surface area contributed by atoms with Crippen LogP contribution in [0, 0.1) is 0 Å². The van der Waals surface area contributed by atoms with Crippen LogP contribution in [0.1, 0.15) is 25.6 Å². The van der Waals surface area contributed by atoms with Gasteiger partial charge >= 0.3 is 5.97 Å². The summed E-state index contributed by atoms with van der Waals surface area (Å²) in [5, 5.41) is 12.0. The van der Waals surface area contributed by atoms with Gasteiger partial charge in [0.05, 0.1) is 11.6 Å². The molecule has 1 amide bonds. The van der Waals surface area contributed by atoms with E-state index in [2.05, 4.69) is 5.32 Å². The first-order valence-corrected chi connectivity index (χ1v) is 6.65. The molecule has 0 aliphatic rings. The van der Waals surface area contributed by atoms with Crippen molar-refractivity contribution in [1.82, 2.24) is 0 Å². The topological polar surface area (TPSA) is 75.6 Å². The van der Waals surface area contributed by atoms with Gasteiger partial charge in [0.1, 0.15) is 4.88 Å². The van der Waals surface area contributed by atoms with Crippen LogP contribution in [0.5, 0.6) is 0 Å². The van der Waals surface area contributed by atoms with Gasteiger partial charge in [0.25, 0.3) is 5.91 Å². The molecule has 5 nitrogen and oxygen atoms in total. The maximum absolute atomic E-state index is 12.2. The number of benzene rings is 1. The van der Waals surface area contributed by atoms with Gasteiger partial charge in [0, 0.05) is 12.7 Å². The van der Waals surface area contributed by atoms with E-state index in [0.29, 0.717) is 17.2 Å². The number of amides is 1. The fourth-order valence-corrected chi connectivity index (χ4v) is 2.46. The second-order valence-electron chi connectivity index (χ2n) is 4.01. The van der Waals surface area contributed by atoms with Crippen LogP contribution in [0.4, 0.5) is 5.00 Å². The number of hydrogen-bond acceptors (Lipinski definition) is 4. The van der Waals surface area contributed by atoms with Crippen molar-refractivity contribution in [2.75, 3.05) is 12.4 Å². The molecule has 6 heteroatoms. The largest absolute Gasteiger partial charge is 0.477 e. The Hall–Kier alpha value is -2.18. The number of carboxylic acid groups (broad SMARTS) is 1. The van der Waals surface area contributed by atoms with E-state index >= 15 is 0 Å². The smallest absolute Gasteiger partial charge is 0.345 e. The van der Waals surface area contributed by atoms with Gasteiger partial charge in [0.2, 0.25) is 0 Å². The fourth-order valence-electron chi connectivity index (χ4n) is 1.72. The maximum Gasteiger partial charge on any atom is 0.345 e. The van der Waals surface area contributed by atoms with Crippen molar-refractivity contribution >= 4 is 28.2 Å². The van der Waals surface area contributed by atoms with Crippen LogP contribution in [0.25, 0.3) is 0 Å². The first-order chi connectivity index (χ1) is 9.61. The van der Waals surface area contributed by atoms with Crippen molar-refractivity contribution in [3.63, 3.8) is 0 Å². The van der Waals surface area contributed by atoms with Gasteiger partial charge in [0.15, 0.2) is 0 Å². The molecule has 0 fully saturated rings. The van der Waals surface area contributed by atoms with Crippen molar-refractivity contribution in [2.24, 2.45) is 0 Å². The normalized spacial score (nSPS) is 10.2. The molecule has 0 aliphatic heterocycles. The Bertz CT molecular complexity index is 636. The highest BCUT2D eigenvalue weighted by molar-refractivity contribution is 7.18. The number of thiophene rings is 1. The zero-order valence-corrected chi connectivity index (χ0v) is 11.6. The molecule has 0 saturated carbocycles. The zero-order chi connectivity index (χ0) is 14.5. The van der Waals surface area contributed by atoms with E-state index in [4.69, 9.17) is 9.84 Å². The van der Waals surface area contributed by atoms with Crippen LogP contribution in [0.3, 0.4) is 0 Å². The summed E-state index contributed by atoms with van der Waals surface area (Å²) in [4.78, 5) is 23.2. The lowest BCUT2D eigenvalue weighted by molar-refractivity contribution is 0.0702. The number of carboxylic acids is 1. The lowest BCUT2D eigenvalue weighted by Crippen LogP contribution is -2.13. The van der Waals surface area contributed by atoms with Crippen molar-refractivity contribution in [3.8, 4) is 0 Å². The molecule has 0 radical (unpaired) electrons. The number of methoxy groups -OCH3 is 1. The number of aromatic carboxylic acids is 1. The lowest BCUT2D eigenvalue weighted by Gasteiger charge is -2.08. The molecular formula is C14H13NO4S. The highest BCUT2D eigenvalue weighted by atomic mass is 32.1. The van der Waals surface area contributed by atoms with Crippen molar-refractivity contribution in [2.45, 2.75) is 6.61 Å². The molecular weight excluding hydrogens is 278 g/mol. The molecule has 2 rings (SSSR count). The van der Waals surface area contributed by atoms with Gasteiger partial charge in [-0.05, 0) is 23.8 Å². The number of ether oxygens (including phenoxy) is 1. The van der Waals surface area contributed by atoms with Gasteiger partial charge < -0.3 is 15.2 Å². The Balaban J connectivity index is 2.17. The number of carbonyl (C=O) groups is 2. The predicted octanol–water partition coefficient (Wildman–Crippen LogP) is 2.85. The molecule has 0 spiro atoms. The molecule has 0 aliphatic carbocycles. The average molecular weight is 291 g/mol. The molecule has 0 bridgehead atoms. The Morgan fingerprint density at radius 3 is 2.65 bits per heavy atom.